The molecule has 0 radical (unpaired) electrons. The van der Waals surface area contributed by atoms with Crippen LogP contribution in [0.25, 0.3) is 0 Å². The van der Waals surface area contributed by atoms with Gasteiger partial charge in [-0.25, -0.2) is 10.2 Å². The lowest BCUT2D eigenvalue weighted by Crippen LogP contribution is -2.31. The van der Waals surface area contributed by atoms with Gasteiger partial charge in [0.1, 0.15) is 0 Å². The fraction of sp³-hybridized carbons (Fsp3) is 0.667. The molecule has 0 heterocycles. The van der Waals surface area contributed by atoms with Gasteiger partial charge in [-0.2, -0.15) is 5.10 Å². The van der Waals surface area contributed by atoms with Crippen LogP contribution in [-0.2, 0) is 0 Å². The first-order valence-corrected chi connectivity index (χ1v) is 5.65. The number of carbonyl (C=O) groups excluding carboxylic acids is 1. The van der Waals surface area contributed by atoms with Crippen molar-refractivity contribution < 1.29 is 4.79 Å². The second-order valence-electron chi connectivity index (χ2n) is 5.73. The minimum Gasteiger partial charge on any atom is -0.350 e. The predicted octanol–water partition coefficient (Wildman–Crippen LogP) is 2.02. The lowest BCUT2D eigenvalue weighted by molar-refractivity contribution is 0.226. The molecule has 0 aromatic heterocycles. The van der Waals surface area contributed by atoms with Crippen LogP contribution < -0.4 is 11.2 Å². The first-order valence-electron chi connectivity index (χ1n) is 5.65. The van der Waals surface area contributed by atoms with Gasteiger partial charge in [-0.3, -0.25) is 0 Å². The minimum absolute atomic E-state index is 0.0615. The lowest BCUT2D eigenvalue weighted by atomic mass is 9.73. The van der Waals surface area contributed by atoms with Crippen molar-refractivity contribution in [2.45, 2.75) is 33.6 Å². The summed E-state index contributed by atoms with van der Waals surface area (Å²) >= 11 is 0. The molecule has 1 fully saturated rings. The van der Waals surface area contributed by atoms with Crippen LogP contribution in [0.2, 0.25) is 0 Å². The van der Waals surface area contributed by atoms with Crippen molar-refractivity contribution in [1.82, 2.24) is 5.43 Å². The fourth-order valence-corrected chi connectivity index (χ4v) is 3.24. The molecule has 2 atom stereocenters. The predicted molar refractivity (Wildman–Crippen MR) is 63.9 cm³/mol. The highest BCUT2D eigenvalue weighted by atomic mass is 16.2. The van der Waals surface area contributed by atoms with Gasteiger partial charge in [0.05, 0.1) is 0 Å². The molecule has 0 aromatic carbocycles. The van der Waals surface area contributed by atoms with Crippen molar-refractivity contribution in [2.24, 2.45) is 27.6 Å². The Labute approximate surface area is 96.0 Å². The van der Waals surface area contributed by atoms with Crippen molar-refractivity contribution in [2.75, 3.05) is 0 Å². The summed E-state index contributed by atoms with van der Waals surface area (Å²) in [5.74, 6) is 0.508. The van der Waals surface area contributed by atoms with Crippen LogP contribution >= 0.6 is 0 Å². The van der Waals surface area contributed by atoms with Crippen molar-refractivity contribution >= 4 is 11.7 Å². The molecule has 0 unspecified atom stereocenters. The molecular formula is C12H19N3O. The van der Waals surface area contributed by atoms with E-state index in [-0.39, 0.29) is 10.8 Å². The molecule has 0 spiro atoms. The van der Waals surface area contributed by atoms with E-state index in [0.29, 0.717) is 5.92 Å². The summed E-state index contributed by atoms with van der Waals surface area (Å²) in [6, 6.07) is -0.594. The van der Waals surface area contributed by atoms with Crippen molar-refractivity contribution in [1.29, 1.82) is 0 Å². The SMILES string of the molecule is CC1(C)C/C(=N/NC(N)=O)[C@]2(C)CC=C[C@@H]12. The quantitative estimate of drug-likeness (QED) is 0.516. The molecule has 2 aliphatic carbocycles. The van der Waals surface area contributed by atoms with Crippen LogP contribution in [0.1, 0.15) is 33.6 Å². The number of nitrogens with zero attached hydrogens (tertiary/aromatic N) is 1. The minimum atomic E-state index is -0.594. The number of carbonyl (C=O) groups is 1. The number of rotatable bonds is 1. The summed E-state index contributed by atoms with van der Waals surface area (Å²) in [5, 5.41) is 4.18. The number of hydrogen-bond acceptors (Lipinski definition) is 2. The molecule has 0 bridgehead atoms. The second-order valence-corrected chi connectivity index (χ2v) is 5.73. The van der Waals surface area contributed by atoms with Gasteiger partial charge in [0.25, 0.3) is 0 Å². The molecule has 2 aliphatic rings. The van der Waals surface area contributed by atoms with Crippen LogP contribution in [0.5, 0.6) is 0 Å². The maximum Gasteiger partial charge on any atom is 0.332 e. The van der Waals surface area contributed by atoms with Crippen LogP contribution in [0.3, 0.4) is 0 Å². The molecule has 16 heavy (non-hydrogen) atoms. The zero-order valence-corrected chi connectivity index (χ0v) is 10.1. The Morgan fingerprint density at radius 2 is 2.25 bits per heavy atom. The molecular weight excluding hydrogens is 202 g/mol. The van der Waals surface area contributed by atoms with Crippen molar-refractivity contribution in [3.63, 3.8) is 0 Å². The van der Waals surface area contributed by atoms with E-state index in [4.69, 9.17) is 5.73 Å². The van der Waals surface area contributed by atoms with Crippen molar-refractivity contribution in [3.05, 3.63) is 12.2 Å². The number of urea groups is 1. The third kappa shape index (κ3) is 1.52. The molecule has 0 aliphatic heterocycles. The number of primary amides is 1. The fourth-order valence-electron chi connectivity index (χ4n) is 3.24. The highest BCUT2D eigenvalue weighted by Gasteiger charge is 2.54. The summed E-state index contributed by atoms with van der Waals surface area (Å²) in [5.41, 5.74) is 8.74. The van der Waals surface area contributed by atoms with Crippen LogP contribution in [0.15, 0.2) is 17.3 Å². The van der Waals surface area contributed by atoms with E-state index >= 15 is 0 Å². The maximum absolute atomic E-state index is 10.7. The summed E-state index contributed by atoms with van der Waals surface area (Å²) in [6.45, 7) is 6.71. The Kier molecular flexibility index (Phi) is 2.33. The zero-order valence-electron chi connectivity index (χ0n) is 10.1. The van der Waals surface area contributed by atoms with E-state index in [9.17, 15) is 4.79 Å². The summed E-state index contributed by atoms with van der Waals surface area (Å²) in [7, 11) is 0. The molecule has 3 N–H and O–H groups in total. The number of allylic oxidation sites excluding steroid dienone is 2. The first kappa shape index (κ1) is 11.2. The highest BCUT2D eigenvalue weighted by Crippen LogP contribution is 2.57. The zero-order chi connectivity index (χ0) is 12.0. The van der Waals surface area contributed by atoms with Gasteiger partial charge < -0.3 is 5.73 Å². The van der Waals surface area contributed by atoms with Gasteiger partial charge in [-0.15, -0.1) is 0 Å². The lowest BCUT2D eigenvalue weighted by Gasteiger charge is -2.30. The molecule has 4 nitrogen and oxygen atoms in total. The van der Waals surface area contributed by atoms with E-state index in [1.807, 2.05) is 0 Å². The average Bonchev–Trinajstić information content (AvgIpc) is 2.62. The van der Waals surface area contributed by atoms with Gasteiger partial charge in [-0.1, -0.05) is 32.9 Å². The second kappa shape index (κ2) is 3.34. The monoisotopic (exact) mass is 221 g/mol. The Morgan fingerprint density at radius 3 is 2.88 bits per heavy atom. The normalized spacial score (nSPS) is 37.7. The molecule has 2 rings (SSSR count). The summed E-state index contributed by atoms with van der Waals surface area (Å²) in [4.78, 5) is 10.7. The van der Waals surface area contributed by atoms with Crippen LogP contribution in [0, 0.1) is 16.7 Å². The van der Waals surface area contributed by atoms with E-state index in [1.54, 1.807) is 0 Å². The third-order valence-corrected chi connectivity index (χ3v) is 3.98. The number of nitrogens with two attached hydrogens (primary N) is 1. The van der Waals surface area contributed by atoms with Gasteiger partial charge in [0.2, 0.25) is 0 Å². The maximum atomic E-state index is 10.7. The molecule has 0 aromatic rings. The third-order valence-electron chi connectivity index (χ3n) is 3.98. The smallest absolute Gasteiger partial charge is 0.332 e. The number of fused-ring (bicyclic) bond motifs is 1. The van der Waals surface area contributed by atoms with Gasteiger partial charge >= 0.3 is 6.03 Å². The molecule has 0 saturated heterocycles. The number of hydrogen-bond donors (Lipinski definition) is 2. The highest BCUT2D eigenvalue weighted by molar-refractivity contribution is 5.94. The summed E-state index contributed by atoms with van der Waals surface area (Å²) < 4.78 is 0. The molecule has 1 saturated carbocycles. The Morgan fingerprint density at radius 1 is 1.56 bits per heavy atom. The number of amides is 2. The molecule has 2 amide bonds. The summed E-state index contributed by atoms with van der Waals surface area (Å²) in [6.07, 6.45) is 6.41. The van der Waals surface area contributed by atoms with Gasteiger partial charge in [0, 0.05) is 11.1 Å². The number of nitrogens with one attached hydrogen (secondary N) is 1. The van der Waals surface area contributed by atoms with Gasteiger partial charge in [-0.05, 0) is 24.2 Å². The van der Waals surface area contributed by atoms with Crippen LogP contribution in [0.4, 0.5) is 4.79 Å². The van der Waals surface area contributed by atoms with E-state index < -0.39 is 6.03 Å². The Bertz CT molecular complexity index is 384. The average molecular weight is 221 g/mol. The number of hydrazone groups is 1. The Balaban J connectivity index is 2.30. The topological polar surface area (TPSA) is 67.5 Å². The molecule has 88 valence electrons. The standard InChI is InChI=1S/C12H19N3O/c1-11(2)7-9(14-15-10(13)16)12(3)6-4-5-8(11)12/h4-5,8H,6-7H2,1-3H3,(H3,13,15,16)/b14-9-/t8-,12+/m0/s1. The Hall–Kier alpha value is -1.32. The largest absolute Gasteiger partial charge is 0.350 e. The molecule has 4 heteroatoms. The van der Waals surface area contributed by atoms with Crippen molar-refractivity contribution in [3.8, 4) is 0 Å². The van der Waals surface area contributed by atoms with E-state index in [1.165, 1.54) is 0 Å². The van der Waals surface area contributed by atoms with Gasteiger partial charge in [0.15, 0.2) is 0 Å². The van der Waals surface area contributed by atoms with Crippen LogP contribution in [-0.4, -0.2) is 11.7 Å². The van der Waals surface area contributed by atoms with E-state index in [2.05, 4.69) is 43.5 Å². The van der Waals surface area contributed by atoms with E-state index in [0.717, 1.165) is 18.6 Å². The first-order chi connectivity index (χ1) is 7.36.